The Bertz CT molecular complexity index is 1910. The largest absolute Gasteiger partial charge is 0.472 e. The van der Waals surface area contributed by atoms with Gasteiger partial charge in [-0.25, -0.2) is 9.13 Å². The molecule has 0 bridgehead atoms. The minimum atomic E-state index is -4.96. The van der Waals surface area contributed by atoms with Crippen molar-refractivity contribution in [2.75, 3.05) is 39.6 Å². The number of carbonyl (C=O) groups is 4. The van der Waals surface area contributed by atoms with Crippen LogP contribution in [0.25, 0.3) is 0 Å². The normalized spacial score (nSPS) is 14.6. The second kappa shape index (κ2) is 67.2. The molecule has 0 rings (SSSR count). The van der Waals surface area contributed by atoms with Crippen molar-refractivity contribution in [2.45, 2.75) is 414 Å². The zero-order valence-corrected chi connectivity index (χ0v) is 65.5. The fraction of sp³-hybridized carbons (Fsp3) is 0.949. The Morgan fingerprint density at radius 1 is 0.289 bits per heavy atom. The van der Waals surface area contributed by atoms with Crippen LogP contribution in [0.4, 0.5) is 0 Å². The zero-order chi connectivity index (χ0) is 71.7. The van der Waals surface area contributed by atoms with Gasteiger partial charge in [-0.05, 0) is 49.4 Å². The third-order valence-electron chi connectivity index (χ3n) is 18.8. The number of carbonyl (C=O) groups excluding carboxylic acids is 4. The van der Waals surface area contributed by atoms with Gasteiger partial charge in [-0.2, -0.15) is 0 Å². The monoisotopic (exact) mass is 1420 g/mol. The van der Waals surface area contributed by atoms with Crippen molar-refractivity contribution >= 4 is 39.5 Å². The second-order valence-electron chi connectivity index (χ2n) is 29.5. The highest BCUT2D eigenvalue weighted by Gasteiger charge is 2.30. The van der Waals surface area contributed by atoms with Gasteiger partial charge >= 0.3 is 39.5 Å². The van der Waals surface area contributed by atoms with Gasteiger partial charge in [0.05, 0.1) is 26.4 Å². The Hall–Kier alpha value is -1.94. The maximum atomic E-state index is 13.1. The highest BCUT2D eigenvalue weighted by Crippen LogP contribution is 2.45. The molecule has 5 unspecified atom stereocenters. The number of rotatable bonds is 75. The fourth-order valence-corrected chi connectivity index (χ4v) is 13.4. The number of ether oxygens (including phenoxy) is 4. The summed E-state index contributed by atoms with van der Waals surface area (Å²) in [6, 6.07) is 0. The number of hydrogen-bond acceptors (Lipinski definition) is 15. The molecule has 17 nitrogen and oxygen atoms in total. The van der Waals surface area contributed by atoms with E-state index in [9.17, 15) is 43.2 Å². The molecule has 0 heterocycles. The first-order valence-electron chi connectivity index (χ1n) is 40.3. The summed E-state index contributed by atoms with van der Waals surface area (Å²) in [4.78, 5) is 72.8. The highest BCUT2D eigenvalue weighted by atomic mass is 31.2. The number of phosphoric acid groups is 2. The molecule has 0 aliphatic heterocycles. The van der Waals surface area contributed by atoms with Crippen LogP contribution in [-0.4, -0.2) is 96.7 Å². The van der Waals surface area contributed by atoms with Crippen molar-refractivity contribution in [3.8, 4) is 0 Å². The molecule has 0 aliphatic carbocycles. The van der Waals surface area contributed by atoms with Crippen molar-refractivity contribution in [3.63, 3.8) is 0 Å². The topological polar surface area (TPSA) is 237 Å². The van der Waals surface area contributed by atoms with Crippen molar-refractivity contribution in [3.05, 3.63) is 0 Å². The molecule has 0 saturated carbocycles. The van der Waals surface area contributed by atoms with E-state index in [0.717, 1.165) is 114 Å². The molecule has 7 atom stereocenters. The van der Waals surface area contributed by atoms with Crippen LogP contribution in [0.15, 0.2) is 0 Å². The first-order valence-corrected chi connectivity index (χ1v) is 43.3. The Morgan fingerprint density at radius 2 is 0.495 bits per heavy atom. The summed E-state index contributed by atoms with van der Waals surface area (Å²) in [5.74, 6) is 0.966. The zero-order valence-electron chi connectivity index (χ0n) is 63.7. The lowest BCUT2D eigenvalue weighted by molar-refractivity contribution is -0.161. The van der Waals surface area contributed by atoms with E-state index in [0.29, 0.717) is 25.7 Å². The van der Waals surface area contributed by atoms with Crippen LogP contribution in [0, 0.1) is 23.7 Å². The SMILES string of the molecule is CCC(C)CCCCCCCCCCCCCCCCCCCCC(=O)O[C@H](COC(=O)CCCCCCCCCCCCCC(C)C)COP(=O)(O)OCC(O)COP(=O)(O)OC[C@@H](COC(=O)CCCCCCCCCCC(C)C)OC(=O)CCCCCCCCC(C)CC. The molecule has 0 amide bonds. The van der Waals surface area contributed by atoms with E-state index >= 15 is 0 Å². The average Bonchev–Trinajstić information content (AvgIpc) is 1.33. The molecule has 0 spiro atoms. The Labute approximate surface area is 594 Å². The molecule has 0 aliphatic rings. The van der Waals surface area contributed by atoms with E-state index in [-0.39, 0.29) is 25.7 Å². The number of esters is 4. The lowest BCUT2D eigenvalue weighted by Crippen LogP contribution is -2.30. The van der Waals surface area contributed by atoms with E-state index in [4.69, 9.17) is 37.0 Å². The molecule has 97 heavy (non-hydrogen) atoms. The lowest BCUT2D eigenvalue weighted by Gasteiger charge is -2.21. The van der Waals surface area contributed by atoms with Crippen LogP contribution < -0.4 is 0 Å². The molecule has 19 heteroatoms. The Balaban J connectivity index is 5.20. The third kappa shape index (κ3) is 69.5. The van der Waals surface area contributed by atoms with Gasteiger partial charge in [0.2, 0.25) is 0 Å². The maximum absolute atomic E-state index is 13.1. The first kappa shape index (κ1) is 95.1. The van der Waals surface area contributed by atoms with E-state index < -0.39 is 97.5 Å². The second-order valence-corrected chi connectivity index (χ2v) is 32.4. The summed E-state index contributed by atoms with van der Waals surface area (Å²) in [6.45, 7) is 14.2. The number of hydrogen-bond donors (Lipinski definition) is 3. The van der Waals surface area contributed by atoms with Crippen molar-refractivity contribution in [1.82, 2.24) is 0 Å². The van der Waals surface area contributed by atoms with Crippen LogP contribution in [0.5, 0.6) is 0 Å². The van der Waals surface area contributed by atoms with Crippen molar-refractivity contribution in [1.29, 1.82) is 0 Å². The molecule has 576 valence electrons. The quantitative estimate of drug-likeness (QED) is 0.0222. The van der Waals surface area contributed by atoms with E-state index in [2.05, 4.69) is 55.4 Å². The van der Waals surface area contributed by atoms with Gasteiger partial charge < -0.3 is 33.8 Å². The van der Waals surface area contributed by atoms with Crippen LogP contribution in [0.3, 0.4) is 0 Å². The van der Waals surface area contributed by atoms with E-state index in [1.165, 1.54) is 199 Å². The molecule has 0 fully saturated rings. The number of unbranched alkanes of at least 4 members (excludes halogenated alkanes) is 39. The fourth-order valence-electron chi connectivity index (χ4n) is 11.8. The van der Waals surface area contributed by atoms with Gasteiger partial charge in [0.15, 0.2) is 12.2 Å². The summed E-state index contributed by atoms with van der Waals surface area (Å²) in [6.07, 6.45) is 52.9. The maximum Gasteiger partial charge on any atom is 0.472 e. The summed E-state index contributed by atoms with van der Waals surface area (Å²) < 4.78 is 68.5. The number of phosphoric ester groups is 2. The summed E-state index contributed by atoms with van der Waals surface area (Å²) in [5, 5.41) is 10.6. The number of aliphatic hydroxyl groups excluding tert-OH is 1. The van der Waals surface area contributed by atoms with E-state index in [1.54, 1.807) is 0 Å². The molecular weight excluding hydrogens is 1270 g/mol. The van der Waals surface area contributed by atoms with Gasteiger partial charge in [-0.1, -0.05) is 344 Å². The molecule has 0 aromatic rings. The standard InChI is InChI=1S/C78H152O17P2/c1-9-70(7)56-48-40-32-25-21-17-15-13-11-12-14-16-18-22-27-35-44-52-60-77(82)94-73(64-88-75(80)58-50-42-33-26-23-19-20-24-30-38-46-54-68(3)4)66-92-96(84,85)90-62-72(79)63-91-97(86,87)93-67-74(95-78(83)61-53-45-37-36-41-49-57-71(8)10-2)65-89-76(81)59-51-43-34-29-28-31-39-47-55-69(5)6/h68-74,79H,9-67H2,1-8H3,(H,84,85)(H,86,87)/t70?,71?,72?,73-,74-/m1/s1. The van der Waals surface area contributed by atoms with Gasteiger partial charge in [-0.15, -0.1) is 0 Å². The Morgan fingerprint density at radius 3 is 0.732 bits per heavy atom. The minimum Gasteiger partial charge on any atom is -0.462 e. The predicted octanol–water partition coefficient (Wildman–Crippen LogP) is 22.8. The van der Waals surface area contributed by atoms with E-state index in [1.807, 2.05) is 0 Å². The minimum absolute atomic E-state index is 0.102. The van der Waals surface area contributed by atoms with Gasteiger partial charge in [-0.3, -0.25) is 37.3 Å². The molecule has 0 aromatic heterocycles. The highest BCUT2D eigenvalue weighted by molar-refractivity contribution is 7.47. The first-order chi connectivity index (χ1) is 46.7. The Kier molecular flexibility index (Phi) is 65.9. The number of aliphatic hydroxyl groups is 1. The molecule has 3 N–H and O–H groups in total. The van der Waals surface area contributed by atoms with Gasteiger partial charge in [0.1, 0.15) is 19.3 Å². The molecule has 0 aromatic carbocycles. The summed E-state index contributed by atoms with van der Waals surface area (Å²) in [5.41, 5.74) is 0. The third-order valence-corrected chi connectivity index (χ3v) is 20.7. The predicted molar refractivity (Wildman–Crippen MR) is 395 cm³/mol. The molecular formula is C78H152O17P2. The molecule has 0 saturated heterocycles. The van der Waals surface area contributed by atoms with Gasteiger partial charge in [0.25, 0.3) is 0 Å². The summed E-state index contributed by atoms with van der Waals surface area (Å²) in [7, 11) is -9.91. The van der Waals surface area contributed by atoms with Crippen LogP contribution >= 0.6 is 15.6 Å². The lowest BCUT2D eigenvalue weighted by atomic mass is 9.99. The van der Waals surface area contributed by atoms with Crippen LogP contribution in [-0.2, 0) is 65.4 Å². The van der Waals surface area contributed by atoms with Crippen molar-refractivity contribution in [2.24, 2.45) is 23.7 Å². The van der Waals surface area contributed by atoms with Gasteiger partial charge in [0, 0.05) is 25.7 Å². The summed E-state index contributed by atoms with van der Waals surface area (Å²) >= 11 is 0. The smallest absolute Gasteiger partial charge is 0.462 e. The van der Waals surface area contributed by atoms with Crippen molar-refractivity contribution < 1.29 is 80.2 Å². The average molecular weight is 1420 g/mol. The van der Waals surface area contributed by atoms with Crippen LogP contribution in [0.1, 0.15) is 396 Å². The molecule has 0 radical (unpaired) electrons. The van der Waals surface area contributed by atoms with Crippen LogP contribution in [0.2, 0.25) is 0 Å².